The van der Waals surface area contributed by atoms with Gasteiger partial charge in [0, 0.05) is 28.4 Å². The number of hydrogen-bond acceptors (Lipinski definition) is 7. The summed E-state index contributed by atoms with van der Waals surface area (Å²) in [6, 6.07) is 22.9. The van der Waals surface area contributed by atoms with E-state index in [0.717, 1.165) is 16.0 Å². The Balaban J connectivity index is 1.39. The van der Waals surface area contributed by atoms with Crippen molar-refractivity contribution in [1.29, 1.82) is 0 Å². The molecule has 4 aromatic rings. The zero-order valence-corrected chi connectivity index (χ0v) is 29.4. The van der Waals surface area contributed by atoms with Crippen molar-refractivity contribution in [2.45, 2.75) is 37.5 Å². The molecule has 260 valence electrons. The lowest BCUT2D eigenvalue weighted by Gasteiger charge is -2.50. The molecule has 2 saturated heterocycles. The smallest absolute Gasteiger partial charge is 0.260 e. The summed E-state index contributed by atoms with van der Waals surface area (Å²) in [6.07, 6.45) is 3.05. The minimum absolute atomic E-state index is 0.0118. The average Bonchev–Trinajstić information content (AvgIpc) is 3.50. The van der Waals surface area contributed by atoms with Gasteiger partial charge in [-0.1, -0.05) is 90.3 Å². The van der Waals surface area contributed by atoms with Gasteiger partial charge < -0.3 is 9.84 Å². The van der Waals surface area contributed by atoms with Crippen LogP contribution in [0.3, 0.4) is 0 Å². The SMILES string of the molecule is CCCN1C(=O)C2CC=C3C(CC4C(=O)N(Nc5ccc(Cl)cc5Cl)C(=O)C4(c4ccc(OC)cc4)C3c3ccc4ccccc4c3O)C2C1=O. The topological polar surface area (TPSA) is 116 Å². The standard InChI is InChI=1S/C40H35Cl2N3O6/c1-3-18-44-36(47)27-16-15-26-29(33(27)38(44)49)20-30-37(48)45(43-32-17-11-23(41)19-31(32)42)39(50)40(30,22-9-12-24(51-2)13-10-22)34(26)28-14-8-21-6-4-5-7-25(21)35(28)46/h4-15,17,19,27,29-30,33-34,43,46H,3,16,18,20H2,1-2H3. The molecule has 9 nitrogen and oxygen atoms in total. The van der Waals surface area contributed by atoms with Crippen LogP contribution in [0.2, 0.25) is 10.0 Å². The van der Waals surface area contributed by atoms with Crippen molar-refractivity contribution < 1.29 is 29.0 Å². The number of benzene rings is 4. The summed E-state index contributed by atoms with van der Waals surface area (Å²) < 4.78 is 5.47. The summed E-state index contributed by atoms with van der Waals surface area (Å²) >= 11 is 12.7. The predicted octanol–water partition coefficient (Wildman–Crippen LogP) is 7.26. The van der Waals surface area contributed by atoms with E-state index in [4.69, 9.17) is 27.9 Å². The molecular formula is C40H35Cl2N3O6. The van der Waals surface area contributed by atoms with Gasteiger partial charge in [-0.25, -0.2) is 0 Å². The van der Waals surface area contributed by atoms with Crippen LogP contribution in [0.4, 0.5) is 5.69 Å². The molecule has 1 saturated carbocycles. The summed E-state index contributed by atoms with van der Waals surface area (Å²) in [6.45, 7) is 2.24. The van der Waals surface area contributed by atoms with Crippen molar-refractivity contribution in [3.63, 3.8) is 0 Å². The molecule has 4 amide bonds. The molecular weight excluding hydrogens is 689 g/mol. The monoisotopic (exact) mass is 723 g/mol. The lowest BCUT2D eigenvalue weighted by Crippen LogP contribution is -2.53. The zero-order chi connectivity index (χ0) is 35.8. The number of ether oxygens (including phenoxy) is 1. The van der Waals surface area contributed by atoms with Crippen LogP contribution in [0.1, 0.15) is 43.2 Å². The van der Waals surface area contributed by atoms with Gasteiger partial charge in [0.05, 0.1) is 41.0 Å². The zero-order valence-electron chi connectivity index (χ0n) is 27.9. The fourth-order valence-electron chi connectivity index (χ4n) is 9.20. The van der Waals surface area contributed by atoms with Gasteiger partial charge in [-0.05, 0) is 66.5 Å². The van der Waals surface area contributed by atoms with Crippen LogP contribution in [0.15, 0.2) is 90.5 Å². The van der Waals surface area contributed by atoms with E-state index in [9.17, 15) is 19.5 Å². The summed E-state index contributed by atoms with van der Waals surface area (Å²) in [4.78, 5) is 59.4. The minimum Gasteiger partial charge on any atom is -0.507 e. The molecule has 0 bridgehead atoms. The lowest BCUT2D eigenvalue weighted by molar-refractivity contribution is -0.141. The maximum absolute atomic E-state index is 15.4. The Morgan fingerprint density at radius 1 is 0.922 bits per heavy atom. The van der Waals surface area contributed by atoms with Crippen molar-refractivity contribution in [3.8, 4) is 11.5 Å². The molecule has 3 fully saturated rings. The van der Waals surface area contributed by atoms with E-state index in [1.165, 1.54) is 11.0 Å². The number of phenols is 1. The minimum atomic E-state index is -1.57. The van der Waals surface area contributed by atoms with Crippen molar-refractivity contribution in [2.24, 2.45) is 23.7 Å². The second kappa shape index (κ2) is 12.4. The summed E-state index contributed by atoms with van der Waals surface area (Å²) in [5.74, 6) is -4.60. The summed E-state index contributed by atoms with van der Waals surface area (Å²) in [7, 11) is 1.55. The number of methoxy groups -OCH3 is 1. The quantitative estimate of drug-likeness (QED) is 0.152. The molecule has 6 unspecified atom stereocenters. The number of likely N-dealkylation sites (tertiary alicyclic amines) is 1. The van der Waals surface area contributed by atoms with Gasteiger partial charge in [0.15, 0.2) is 0 Å². The first-order chi connectivity index (χ1) is 24.6. The molecule has 0 radical (unpaired) electrons. The highest BCUT2D eigenvalue weighted by molar-refractivity contribution is 6.36. The molecule has 2 N–H and O–H groups in total. The number of aromatic hydroxyl groups is 1. The van der Waals surface area contributed by atoms with Crippen LogP contribution < -0.4 is 10.2 Å². The first-order valence-electron chi connectivity index (χ1n) is 17.1. The average molecular weight is 725 g/mol. The number of carbonyl (C=O) groups is 4. The van der Waals surface area contributed by atoms with Gasteiger partial charge in [0.1, 0.15) is 11.5 Å². The van der Waals surface area contributed by atoms with Crippen molar-refractivity contribution in [3.05, 3.63) is 112 Å². The molecule has 4 aromatic carbocycles. The highest BCUT2D eigenvalue weighted by Gasteiger charge is 2.70. The third-order valence-corrected chi connectivity index (χ3v) is 11.9. The first kappa shape index (κ1) is 33.3. The van der Waals surface area contributed by atoms with E-state index in [0.29, 0.717) is 52.4 Å². The normalized spacial score (nSPS) is 27.0. The Morgan fingerprint density at radius 3 is 2.41 bits per heavy atom. The number of nitrogens with zero attached hydrogens (tertiary/aromatic N) is 2. The fraction of sp³-hybridized carbons (Fsp3) is 0.300. The number of halogens is 2. The van der Waals surface area contributed by atoms with E-state index in [-0.39, 0.29) is 29.0 Å². The van der Waals surface area contributed by atoms with E-state index in [2.05, 4.69) is 5.43 Å². The molecule has 2 aliphatic heterocycles. The highest BCUT2D eigenvalue weighted by Crippen LogP contribution is 2.65. The number of hydrogen-bond donors (Lipinski definition) is 2. The molecule has 6 atom stereocenters. The van der Waals surface area contributed by atoms with E-state index >= 15 is 4.79 Å². The molecule has 11 heteroatoms. The fourth-order valence-corrected chi connectivity index (χ4v) is 9.65. The van der Waals surface area contributed by atoms with E-state index in [1.54, 1.807) is 43.5 Å². The number of allylic oxidation sites excluding steroid dienone is 2. The maximum atomic E-state index is 15.4. The molecule has 0 aromatic heterocycles. The number of amides is 4. The largest absolute Gasteiger partial charge is 0.507 e. The number of phenolic OH excluding ortho intramolecular Hbond substituents is 1. The molecule has 2 heterocycles. The van der Waals surface area contributed by atoms with Crippen LogP contribution in [0.5, 0.6) is 11.5 Å². The molecule has 51 heavy (non-hydrogen) atoms. The van der Waals surface area contributed by atoms with E-state index in [1.807, 2.05) is 49.4 Å². The second-order valence-corrected chi connectivity index (χ2v) is 14.6. The van der Waals surface area contributed by atoms with Crippen LogP contribution in [0, 0.1) is 23.7 Å². The Bertz CT molecular complexity index is 2170. The van der Waals surface area contributed by atoms with Crippen molar-refractivity contribution in [1.82, 2.24) is 9.91 Å². The van der Waals surface area contributed by atoms with Crippen molar-refractivity contribution in [2.75, 3.05) is 19.1 Å². The van der Waals surface area contributed by atoms with Gasteiger partial charge in [0.25, 0.3) is 11.8 Å². The molecule has 0 spiro atoms. The van der Waals surface area contributed by atoms with Crippen LogP contribution >= 0.6 is 23.2 Å². The second-order valence-electron chi connectivity index (χ2n) is 13.8. The number of fused-ring (bicyclic) bond motifs is 5. The Hall–Kier alpha value is -4.86. The van der Waals surface area contributed by atoms with Crippen LogP contribution in [-0.4, -0.2) is 52.3 Å². The van der Waals surface area contributed by atoms with Gasteiger partial charge in [-0.15, -0.1) is 0 Å². The number of hydrazine groups is 1. The third-order valence-electron chi connectivity index (χ3n) is 11.4. The summed E-state index contributed by atoms with van der Waals surface area (Å²) in [5.41, 5.74) is 3.51. The predicted molar refractivity (Wildman–Crippen MR) is 193 cm³/mol. The van der Waals surface area contributed by atoms with Crippen molar-refractivity contribution >= 4 is 63.3 Å². The number of nitrogens with one attached hydrogen (secondary N) is 1. The van der Waals surface area contributed by atoms with Gasteiger partial charge in [-0.2, -0.15) is 5.01 Å². The Morgan fingerprint density at radius 2 is 1.69 bits per heavy atom. The summed E-state index contributed by atoms with van der Waals surface area (Å²) in [5, 5.41) is 15.2. The number of rotatable bonds is 7. The number of carbonyl (C=O) groups excluding carboxylic acids is 4. The highest BCUT2D eigenvalue weighted by atomic mass is 35.5. The van der Waals surface area contributed by atoms with Gasteiger partial charge >= 0.3 is 0 Å². The number of imide groups is 2. The Labute approximate surface area is 304 Å². The van der Waals surface area contributed by atoms with Gasteiger partial charge in [-0.3, -0.25) is 29.5 Å². The van der Waals surface area contributed by atoms with Crippen LogP contribution in [0.25, 0.3) is 10.8 Å². The molecule has 8 rings (SSSR count). The molecule has 2 aliphatic carbocycles. The maximum Gasteiger partial charge on any atom is 0.260 e. The third kappa shape index (κ3) is 4.81. The molecule has 4 aliphatic rings. The first-order valence-corrected chi connectivity index (χ1v) is 17.9. The van der Waals surface area contributed by atoms with E-state index < -0.39 is 46.8 Å². The Kier molecular flexibility index (Phi) is 8.11. The van der Waals surface area contributed by atoms with Crippen LogP contribution in [-0.2, 0) is 24.6 Å². The number of anilines is 1. The lowest BCUT2D eigenvalue weighted by atomic mass is 9.49. The van der Waals surface area contributed by atoms with Gasteiger partial charge in [0.2, 0.25) is 11.8 Å².